The molecule has 2 N–H and O–H groups in total. The van der Waals surface area contributed by atoms with Crippen molar-refractivity contribution in [3.63, 3.8) is 0 Å². The van der Waals surface area contributed by atoms with Gasteiger partial charge in [0, 0.05) is 0 Å². The summed E-state index contributed by atoms with van der Waals surface area (Å²) in [7, 11) is 1.68. The maximum Gasteiger partial charge on any atom is 0.119 e. The summed E-state index contributed by atoms with van der Waals surface area (Å²) < 4.78 is 5.21. The van der Waals surface area contributed by atoms with Gasteiger partial charge in [-0.05, 0) is 36.1 Å². The standard InChI is InChI=1S/C11H17NO2/c1-3-9-6-10(4-5-14-12)8-11(7-9)13-2/h6-8H,3-5,12H2,1-2H3. The molecule has 3 heteroatoms. The Labute approximate surface area is 84.8 Å². The van der Waals surface area contributed by atoms with Crippen molar-refractivity contribution in [2.24, 2.45) is 5.90 Å². The molecule has 0 aliphatic carbocycles. The normalized spacial score (nSPS) is 10.2. The van der Waals surface area contributed by atoms with Crippen LogP contribution in [0, 0.1) is 0 Å². The van der Waals surface area contributed by atoms with E-state index >= 15 is 0 Å². The molecule has 0 radical (unpaired) electrons. The molecule has 0 saturated carbocycles. The average molecular weight is 195 g/mol. The van der Waals surface area contributed by atoms with Crippen LogP contribution in [0.4, 0.5) is 0 Å². The van der Waals surface area contributed by atoms with E-state index in [0.29, 0.717) is 6.61 Å². The van der Waals surface area contributed by atoms with Crippen LogP contribution in [0.3, 0.4) is 0 Å². The molecule has 0 spiro atoms. The van der Waals surface area contributed by atoms with Gasteiger partial charge >= 0.3 is 0 Å². The smallest absolute Gasteiger partial charge is 0.119 e. The second kappa shape index (κ2) is 5.62. The van der Waals surface area contributed by atoms with Crippen LogP contribution in [0.5, 0.6) is 5.75 Å². The third kappa shape index (κ3) is 3.01. The predicted octanol–water partition coefficient (Wildman–Crippen LogP) is 1.69. The van der Waals surface area contributed by atoms with Gasteiger partial charge in [0.15, 0.2) is 0 Å². The maximum absolute atomic E-state index is 5.21. The van der Waals surface area contributed by atoms with Gasteiger partial charge in [-0.25, -0.2) is 5.90 Å². The number of benzene rings is 1. The molecule has 0 amide bonds. The van der Waals surface area contributed by atoms with E-state index in [1.54, 1.807) is 7.11 Å². The van der Waals surface area contributed by atoms with Crippen molar-refractivity contribution in [2.45, 2.75) is 19.8 Å². The maximum atomic E-state index is 5.21. The summed E-state index contributed by atoms with van der Waals surface area (Å²) >= 11 is 0. The van der Waals surface area contributed by atoms with Crippen LogP contribution < -0.4 is 10.6 Å². The van der Waals surface area contributed by atoms with E-state index < -0.39 is 0 Å². The molecule has 14 heavy (non-hydrogen) atoms. The Bertz CT molecular complexity index is 264. The minimum absolute atomic E-state index is 0.538. The summed E-state index contributed by atoms with van der Waals surface area (Å²) in [6, 6.07) is 6.21. The summed E-state index contributed by atoms with van der Waals surface area (Å²) in [6.45, 7) is 2.66. The van der Waals surface area contributed by atoms with Crippen LogP contribution in [0.1, 0.15) is 18.1 Å². The molecule has 0 bridgehead atoms. The van der Waals surface area contributed by atoms with E-state index in [1.807, 2.05) is 12.1 Å². The number of ether oxygens (including phenoxy) is 1. The fourth-order valence-corrected chi connectivity index (χ4v) is 1.37. The van der Waals surface area contributed by atoms with Crippen molar-refractivity contribution in [2.75, 3.05) is 13.7 Å². The first kappa shape index (κ1) is 11.0. The molecule has 0 fully saturated rings. The van der Waals surface area contributed by atoms with Crippen LogP contribution in [-0.4, -0.2) is 13.7 Å². The van der Waals surface area contributed by atoms with Crippen LogP contribution in [0.25, 0.3) is 0 Å². The molecule has 1 aromatic carbocycles. The molecule has 0 aliphatic heterocycles. The fourth-order valence-electron chi connectivity index (χ4n) is 1.37. The SMILES string of the molecule is CCc1cc(CCON)cc(OC)c1. The number of hydrogen-bond donors (Lipinski definition) is 1. The zero-order chi connectivity index (χ0) is 10.4. The van der Waals surface area contributed by atoms with Gasteiger partial charge in [0.25, 0.3) is 0 Å². The quantitative estimate of drug-likeness (QED) is 0.727. The number of hydrogen-bond acceptors (Lipinski definition) is 3. The third-order valence-corrected chi connectivity index (χ3v) is 2.18. The van der Waals surface area contributed by atoms with Gasteiger partial charge in [-0.1, -0.05) is 13.0 Å². The summed E-state index contributed by atoms with van der Waals surface area (Å²) in [5.74, 6) is 5.89. The first-order chi connectivity index (χ1) is 6.80. The van der Waals surface area contributed by atoms with Gasteiger partial charge in [-0.3, -0.25) is 0 Å². The van der Waals surface area contributed by atoms with Crippen molar-refractivity contribution >= 4 is 0 Å². The molecule has 0 aromatic heterocycles. The lowest BCUT2D eigenvalue weighted by Gasteiger charge is -2.07. The average Bonchev–Trinajstić information content (AvgIpc) is 2.25. The van der Waals surface area contributed by atoms with Gasteiger partial charge in [0.2, 0.25) is 0 Å². The van der Waals surface area contributed by atoms with Gasteiger partial charge in [0.05, 0.1) is 13.7 Å². The largest absolute Gasteiger partial charge is 0.497 e. The highest BCUT2D eigenvalue weighted by Gasteiger charge is 2.00. The van der Waals surface area contributed by atoms with Crippen molar-refractivity contribution in [3.8, 4) is 5.75 Å². The van der Waals surface area contributed by atoms with E-state index in [4.69, 9.17) is 10.6 Å². The summed E-state index contributed by atoms with van der Waals surface area (Å²) in [5.41, 5.74) is 2.48. The Balaban J connectivity index is 2.81. The zero-order valence-corrected chi connectivity index (χ0v) is 8.75. The van der Waals surface area contributed by atoms with E-state index in [-0.39, 0.29) is 0 Å². The zero-order valence-electron chi connectivity index (χ0n) is 8.75. The molecule has 0 heterocycles. The van der Waals surface area contributed by atoms with Crippen molar-refractivity contribution in [3.05, 3.63) is 29.3 Å². The monoisotopic (exact) mass is 195 g/mol. The van der Waals surface area contributed by atoms with Gasteiger partial charge < -0.3 is 9.57 Å². The first-order valence-corrected chi connectivity index (χ1v) is 4.78. The van der Waals surface area contributed by atoms with Crippen LogP contribution in [0.2, 0.25) is 0 Å². The van der Waals surface area contributed by atoms with E-state index in [9.17, 15) is 0 Å². The molecular formula is C11H17NO2. The highest BCUT2D eigenvalue weighted by atomic mass is 16.6. The Morgan fingerprint density at radius 2 is 1.93 bits per heavy atom. The van der Waals surface area contributed by atoms with Gasteiger partial charge in [-0.2, -0.15) is 0 Å². The predicted molar refractivity (Wildman–Crippen MR) is 56.2 cm³/mol. The molecule has 78 valence electrons. The summed E-state index contributed by atoms with van der Waals surface area (Å²) in [6.07, 6.45) is 1.83. The topological polar surface area (TPSA) is 44.5 Å². The van der Waals surface area contributed by atoms with E-state index in [2.05, 4.69) is 17.8 Å². The lowest BCUT2D eigenvalue weighted by atomic mass is 10.1. The van der Waals surface area contributed by atoms with Gasteiger partial charge in [0.1, 0.15) is 5.75 Å². The number of nitrogens with two attached hydrogens (primary N) is 1. The molecule has 0 unspecified atom stereocenters. The Kier molecular flexibility index (Phi) is 4.43. The van der Waals surface area contributed by atoms with Crippen LogP contribution in [0.15, 0.2) is 18.2 Å². The summed E-state index contributed by atoms with van der Waals surface area (Å²) in [5, 5.41) is 0. The lowest BCUT2D eigenvalue weighted by molar-refractivity contribution is 0.141. The second-order valence-electron chi connectivity index (χ2n) is 3.16. The molecule has 1 rings (SSSR count). The lowest BCUT2D eigenvalue weighted by Crippen LogP contribution is -2.04. The number of rotatable bonds is 5. The molecule has 0 aliphatic rings. The van der Waals surface area contributed by atoms with Crippen molar-refractivity contribution in [1.29, 1.82) is 0 Å². The molecule has 0 atom stereocenters. The number of aryl methyl sites for hydroxylation is 1. The van der Waals surface area contributed by atoms with Crippen LogP contribution >= 0.6 is 0 Å². The minimum atomic E-state index is 0.538. The van der Waals surface area contributed by atoms with E-state index in [0.717, 1.165) is 18.6 Å². The minimum Gasteiger partial charge on any atom is -0.497 e. The molecule has 0 saturated heterocycles. The van der Waals surface area contributed by atoms with Gasteiger partial charge in [-0.15, -0.1) is 0 Å². The highest BCUT2D eigenvalue weighted by molar-refractivity contribution is 5.34. The van der Waals surface area contributed by atoms with Crippen LogP contribution in [-0.2, 0) is 17.7 Å². The third-order valence-electron chi connectivity index (χ3n) is 2.18. The Morgan fingerprint density at radius 3 is 2.50 bits per heavy atom. The van der Waals surface area contributed by atoms with E-state index in [1.165, 1.54) is 11.1 Å². The van der Waals surface area contributed by atoms with Crippen molar-refractivity contribution in [1.82, 2.24) is 0 Å². The highest BCUT2D eigenvalue weighted by Crippen LogP contribution is 2.17. The second-order valence-corrected chi connectivity index (χ2v) is 3.16. The fraction of sp³-hybridized carbons (Fsp3) is 0.455. The molecule has 1 aromatic rings. The number of methoxy groups -OCH3 is 1. The Hall–Kier alpha value is -1.06. The molecule has 3 nitrogen and oxygen atoms in total. The molecular weight excluding hydrogens is 178 g/mol. The van der Waals surface area contributed by atoms with Crippen molar-refractivity contribution < 1.29 is 9.57 Å². The Morgan fingerprint density at radius 1 is 1.21 bits per heavy atom. The summed E-state index contributed by atoms with van der Waals surface area (Å²) in [4.78, 5) is 4.55. The first-order valence-electron chi connectivity index (χ1n) is 4.78.